The first kappa shape index (κ1) is 28.0. The number of piperazine rings is 1. The molecule has 8 nitrogen and oxygen atoms in total. The third kappa shape index (κ3) is 6.96. The van der Waals surface area contributed by atoms with Gasteiger partial charge in [0.15, 0.2) is 0 Å². The van der Waals surface area contributed by atoms with Crippen molar-refractivity contribution in [2.75, 3.05) is 13.1 Å². The van der Waals surface area contributed by atoms with E-state index in [1.165, 1.54) is 0 Å². The number of carbonyl (C=O) groups excluding carboxylic acids is 1. The van der Waals surface area contributed by atoms with E-state index in [4.69, 9.17) is 10.5 Å². The third-order valence-corrected chi connectivity index (χ3v) is 7.66. The molecule has 2 aromatic carbocycles. The van der Waals surface area contributed by atoms with Gasteiger partial charge in [-0.25, -0.2) is 9.37 Å². The van der Waals surface area contributed by atoms with Gasteiger partial charge >= 0.3 is 0 Å². The zero-order chi connectivity index (χ0) is 28.2. The summed E-state index contributed by atoms with van der Waals surface area (Å²) in [6.07, 6.45) is 4.30. The maximum atomic E-state index is 14.1. The monoisotopic (exact) mass is 547 g/mol. The van der Waals surface area contributed by atoms with E-state index in [1.54, 1.807) is 12.1 Å². The van der Waals surface area contributed by atoms with Gasteiger partial charge < -0.3 is 26.2 Å². The fourth-order valence-electron chi connectivity index (χ4n) is 5.75. The van der Waals surface area contributed by atoms with Gasteiger partial charge in [-0.3, -0.25) is 9.69 Å². The van der Waals surface area contributed by atoms with Gasteiger partial charge in [0.25, 0.3) is 5.91 Å². The molecule has 0 bridgehead atoms. The number of phenols is 1. The summed E-state index contributed by atoms with van der Waals surface area (Å²) >= 11 is 0. The highest BCUT2D eigenvalue weighted by molar-refractivity contribution is 5.96. The van der Waals surface area contributed by atoms with Crippen molar-refractivity contribution in [1.82, 2.24) is 20.5 Å². The molecule has 1 amide bonds. The van der Waals surface area contributed by atoms with Crippen LogP contribution in [0, 0.1) is 5.82 Å². The number of benzene rings is 2. The van der Waals surface area contributed by atoms with Gasteiger partial charge in [-0.15, -0.1) is 0 Å². The lowest BCUT2D eigenvalue weighted by Crippen LogP contribution is -2.53. The second kappa shape index (κ2) is 12.3. The molecule has 5 N–H and O–H groups in total. The molecule has 0 radical (unpaired) electrons. The van der Waals surface area contributed by atoms with Crippen molar-refractivity contribution in [3.63, 3.8) is 0 Å². The molecule has 5 rings (SSSR count). The Morgan fingerprint density at radius 1 is 1.10 bits per heavy atom. The second-order valence-electron chi connectivity index (χ2n) is 11.2. The van der Waals surface area contributed by atoms with E-state index in [0.29, 0.717) is 24.4 Å². The predicted molar refractivity (Wildman–Crippen MR) is 153 cm³/mol. The minimum atomic E-state index is -0.609. The van der Waals surface area contributed by atoms with Crippen LogP contribution in [0.3, 0.4) is 0 Å². The molecule has 1 aliphatic heterocycles. The van der Waals surface area contributed by atoms with Crippen molar-refractivity contribution in [3.8, 4) is 28.5 Å². The molecular formula is C31H38FN5O3. The summed E-state index contributed by atoms with van der Waals surface area (Å²) in [5.74, 6) is -0.258. The van der Waals surface area contributed by atoms with Crippen LogP contribution in [0.2, 0.25) is 0 Å². The highest BCUT2D eigenvalue weighted by Gasteiger charge is 2.24. The lowest BCUT2D eigenvalue weighted by atomic mass is 9.91. The summed E-state index contributed by atoms with van der Waals surface area (Å²) in [5, 5.41) is 17.1. The Morgan fingerprint density at radius 2 is 1.82 bits per heavy atom. The predicted octanol–water partition coefficient (Wildman–Crippen LogP) is 4.57. The zero-order valence-electron chi connectivity index (χ0n) is 23.1. The van der Waals surface area contributed by atoms with E-state index >= 15 is 0 Å². The molecule has 1 aliphatic carbocycles. The molecule has 1 saturated carbocycles. The standard InChI is InChI=1S/C31H38FN5O3/c1-19-16-37(17-20(2)35-19)18-23-12-22(6-11-29(23)38)21-4-3-5-27(13-21)40-31-28(14-24(32)15-34-31)30(39)36-26-9-7-25(33)8-10-26/h3-6,11-15,19-20,25-26,35,38H,7-10,16-18,33H2,1-2H3,(H,36,39)/t19-,20?,25-,26-/m0/s1. The molecule has 9 heteroatoms. The highest BCUT2D eigenvalue weighted by atomic mass is 19.1. The molecule has 212 valence electrons. The lowest BCUT2D eigenvalue weighted by Gasteiger charge is -2.36. The third-order valence-electron chi connectivity index (χ3n) is 7.66. The molecule has 3 aromatic rings. The second-order valence-corrected chi connectivity index (χ2v) is 11.2. The van der Waals surface area contributed by atoms with Gasteiger partial charge in [0.05, 0.1) is 6.20 Å². The van der Waals surface area contributed by atoms with Crippen molar-refractivity contribution >= 4 is 5.91 Å². The summed E-state index contributed by atoms with van der Waals surface area (Å²) in [4.78, 5) is 19.5. The number of carbonyl (C=O) groups is 1. The first-order valence-corrected chi connectivity index (χ1v) is 14.0. The highest BCUT2D eigenvalue weighted by Crippen LogP contribution is 2.32. The minimum Gasteiger partial charge on any atom is -0.508 e. The Hall–Kier alpha value is -3.53. The van der Waals surface area contributed by atoms with Gasteiger partial charge in [0.2, 0.25) is 5.88 Å². The number of aromatic nitrogens is 1. The Morgan fingerprint density at radius 3 is 2.58 bits per heavy atom. The van der Waals surface area contributed by atoms with Crippen LogP contribution in [0.4, 0.5) is 4.39 Å². The molecular weight excluding hydrogens is 509 g/mol. The van der Waals surface area contributed by atoms with Crippen LogP contribution < -0.4 is 21.1 Å². The number of ether oxygens (including phenoxy) is 1. The molecule has 1 aromatic heterocycles. The zero-order valence-corrected chi connectivity index (χ0v) is 23.1. The Balaban J connectivity index is 1.33. The number of hydrogen-bond donors (Lipinski definition) is 4. The number of rotatable bonds is 7. The summed E-state index contributed by atoms with van der Waals surface area (Å²) in [7, 11) is 0. The van der Waals surface area contributed by atoms with Gasteiger partial charge in [0, 0.05) is 49.4 Å². The van der Waals surface area contributed by atoms with Gasteiger partial charge in [-0.05, 0) is 81.0 Å². The molecule has 1 saturated heterocycles. The molecule has 40 heavy (non-hydrogen) atoms. The number of aromatic hydroxyl groups is 1. The Bertz CT molecular complexity index is 1330. The average Bonchev–Trinajstić information content (AvgIpc) is 2.92. The number of nitrogens with one attached hydrogen (secondary N) is 2. The van der Waals surface area contributed by atoms with Crippen LogP contribution >= 0.6 is 0 Å². The Kier molecular flexibility index (Phi) is 8.63. The summed E-state index contributed by atoms with van der Waals surface area (Å²) in [5.41, 5.74) is 8.69. The van der Waals surface area contributed by atoms with Crippen LogP contribution in [0.1, 0.15) is 55.5 Å². The quantitative estimate of drug-likeness (QED) is 0.343. The number of halogens is 1. The van der Waals surface area contributed by atoms with Crippen LogP contribution in [0.15, 0.2) is 54.7 Å². The van der Waals surface area contributed by atoms with E-state index in [0.717, 1.165) is 67.7 Å². The summed E-state index contributed by atoms with van der Waals surface area (Å²) in [6, 6.07) is 15.1. The maximum Gasteiger partial charge on any atom is 0.257 e. The van der Waals surface area contributed by atoms with Gasteiger partial charge in [0.1, 0.15) is 22.9 Å². The molecule has 2 fully saturated rings. The van der Waals surface area contributed by atoms with Crippen molar-refractivity contribution < 1.29 is 19.0 Å². The number of hydrogen-bond acceptors (Lipinski definition) is 7. The van der Waals surface area contributed by atoms with Crippen LogP contribution in [0.25, 0.3) is 11.1 Å². The topological polar surface area (TPSA) is 113 Å². The van der Waals surface area contributed by atoms with Crippen LogP contribution in [-0.2, 0) is 6.54 Å². The van der Waals surface area contributed by atoms with Crippen molar-refractivity contribution in [3.05, 3.63) is 71.7 Å². The molecule has 2 atom stereocenters. The van der Waals surface area contributed by atoms with Gasteiger partial charge in [-0.2, -0.15) is 0 Å². The summed E-state index contributed by atoms with van der Waals surface area (Å²) in [6.45, 7) is 6.80. The van der Waals surface area contributed by atoms with E-state index < -0.39 is 11.7 Å². The first-order valence-electron chi connectivity index (χ1n) is 14.0. The van der Waals surface area contributed by atoms with E-state index in [9.17, 15) is 14.3 Å². The minimum absolute atomic E-state index is 0.0111. The van der Waals surface area contributed by atoms with Crippen molar-refractivity contribution in [2.45, 2.75) is 70.2 Å². The number of nitrogens with two attached hydrogens (primary N) is 1. The summed E-state index contributed by atoms with van der Waals surface area (Å²) < 4.78 is 20.1. The van der Waals surface area contributed by atoms with E-state index in [1.807, 2.05) is 30.3 Å². The number of nitrogens with zero attached hydrogens (tertiary/aromatic N) is 2. The number of amides is 1. The smallest absolute Gasteiger partial charge is 0.257 e. The average molecular weight is 548 g/mol. The SMILES string of the molecule is CC1CN(Cc2cc(-c3cccc(Oc4ncc(F)cc4C(=O)N[C@H]4CC[C@H](N)CC4)c3)ccc2O)C[C@H](C)N1. The van der Waals surface area contributed by atoms with Gasteiger partial charge in [-0.1, -0.05) is 18.2 Å². The van der Waals surface area contributed by atoms with Crippen molar-refractivity contribution in [2.24, 2.45) is 5.73 Å². The normalized spacial score (nSPS) is 23.5. The van der Waals surface area contributed by atoms with Crippen LogP contribution in [0.5, 0.6) is 17.4 Å². The molecule has 0 spiro atoms. The molecule has 1 unspecified atom stereocenters. The van der Waals surface area contributed by atoms with Crippen molar-refractivity contribution in [1.29, 1.82) is 0 Å². The maximum absolute atomic E-state index is 14.1. The number of phenolic OH excluding ortho intramolecular Hbond substituents is 1. The largest absolute Gasteiger partial charge is 0.508 e. The fraction of sp³-hybridized carbons (Fsp3) is 0.419. The fourth-order valence-corrected chi connectivity index (χ4v) is 5.75. The lowest BCUT2D eigenvalue weighted by molar-refractivity contribution is 0.0922. The Labute approximate surface area is 234 Å². The number of pyridine rings is 1. The molecule has 2 aliphatic rings. The first-order chi connectivity index (χ1) is 19.2. The van der Waals surface area contributed by atoms with Crippen LogP contribution in [-0.4, -0.2) is 58.2 Å². The van der Waals surface area contributed by atoms with E-state index in [2.05, 4.69) is 34.4 Å². The molecule has 2 heterocycles. The van der Waals surface area contributed by atoms with E-state index in [-0.39, 0.29) is 29.3 Å².